The average molecular weight is 125 g/mol. The van der Waals surface area contributed by atoms with Crippen molar-refractivity contribution in [3.8, 4) is 0 Å². The lowest BCUT2D eigenvalue weighted by atomic mass is 11.4. The maximum Gasteiger partial charge on any atom is 0.181 e. The van der Waals surface area contributed by atoms with Crippen molar-refractivity contribution in [2.24, 2.45) is 0 Å². The Morgan fingerprint density at radius 2 is 2.33 bits per heavy atom. The summed E-state index contributed by atoms with van der Waals surface area (Å²) in [6.07, 6.45) is 0. The number of halogens is 1. The van der Waals surface area contributed by atoms with Crippen LogP contribution in [0.3, 0.4) is 0 Å². The number of hydrogen-bond donors (Lipinski definition) is 2. The summed E-state index contributed by atoms with van der Waals surface area (Å²) >= 11 is 9.52. The molecular weight excluding hydrogens is 120 g/mol. The van der Waals surface area contributed by atoms with Crippen molar-refractivity contribution in [1.82, 2.24) is 10.9 Å². The second kappa shape index (κ2) is 3.33. The maximum absolute atomic E-state index is 5.14. The lowest BCUT2D eigenvalue weighted by Crippen LogP contribution is -2.29. The van der Waals surface area contributed by atoms with Crippen LogP contribution in [0.2, 0.25) is 0 Å². The molecule has 0 aliphatic heterocycles. The number of nitrogens with one attached hydrogen (secondary N) is 2. The first-order valence-electron chi connectivity index (χ1n) is 1.39. The molecule has 0 bridgehead atoms. The molecule has 0 heterocycles. The maximum atomic E-state index is 5.14. The molecule has 0 saturated carbocycles. The molecule has 0 aliphatic rings. The zero-order chi connectivity index (χ0) is 4.99. The Balaban J connectivity index is 2.83. The van der Waals surface area contributed by atoms with E-state index in [0.29, 0.717) is 0 Å². The molecule has 4 heteroatoms. The van der Waals surface area contributed by atoms with Gasteiger partial charge < -0.3 is 5.43 Å². The highest BCUT2D eigenvalue weighted by molar-refractivity contribution is 7.83. The molecule has 36 valence electrons. The van der Waals surface area contributed by atoms with E-state index in [4.69, 9.17) is 11.6 Å². The fourth-order valence-corrected chi connectivity index (χ4v) is 0.295. The van der Waals surface area contributed by atoms with Crippen LogP contribution in [0.15, 0.2) is 0 Å². The largest absolute Gasteiger partial charge is 0.303 e. The SMILES string of the molecule is CNNC(=S)Cl. The lowest BCUT2D eigenvalue weighted by molar-refractivity contribution is 0.785. The molecule has 2 nitrogen and oxygen atoms in total. The molecule has 0 unspecified atom stereocenters. The third-order valence-corrected chi connectivity index (χ3v) is 0.420. The van der Waals surface area contributed by atoms with E-state index in [1.165, 1.54) is 0 Å². The van der Waals surface area contributed by atoms with E-state index in [2.05, 4.69) is 23.1 Å². The van der Waals surface area contributed by atoms with Crippen molar-refractivity contribution >= 4 is 28.3 Å². The lowest BCUT2D eigenvalue weighted by Gasteiger charge is -1.92. The second-order valence-corrected chi connectivity index (χ2v) is 1.66. The third-order valence-electron chi connectivity index (χ3n) is 0.223. The zero-order valence-electron chi connectivity index (χ0n) is 3.29. The smallest absolute Gasteiger partial charge is 0.181 e. The summed E-state index contributed by atoms with van der Waals surface area (Å²) in [5.74, 6) is 0. The topological polar surface area (TPSA) is 24.1 Å². The Bertz CT molecular complexity index is 55.5. The predicted octanol–water partition coefficient (Wildman–Crippen LogP) is 0.234. The minimum Gasteiger partial charge on any atom is -0.303 e. The highest BCUT2D eigenvalue weighted by atomic mass is 35.5. The Morgan fingerprint density at radius 3 is 2.33 bits per heavy atom. The van der Waals surface area contributed by atoms with E-state index in [-0.39, 0.29) is 4.45 Å². The summed E-state index contributed by atoms with van der Waals surface area (Å²) in [4.78, 5) is 0. The van der Waals surface area contributed by atoms with Gasteiger partial charge in [-0.1, -0.05) is 11.6 Å². The van der Waals surface area contributed by atoms with Crippen LogP contribution in [0.25, 0.3) is 0 Å². The van der Waals surface area contributed by atoms with E-state index in [9.17, 15) is 0 Å². The van der Waals surface area contributed by atoms with E-state index in [1.807, 2.05) is 0 Å². The minimum absolute atomic E-state index is 0.234. The summed E-state index contributed by atoms with van der Waals surface area (Å²) in [5.41, 5.74) is 5.00. The van der Waals surface area contributed by atoms with E-state index < -0.39 is 0 Å². The highest BCUT2D eigenvalue weighted by Gasteiger charge is 1.76. The van der Waals surface area contributed by atoms with Gasteiger partial charge in [0.15, 0.2) is 4.45 Å². The van der Waals surface area contributed by atoms with Crippen LogP contribution in [0.5, 0.6) is 0 Å². The van der Waals surface area contributed by atoms with Gasteiger partial charge in [-0.05, 0) is 12.2 Å². The van der Waals surface area contributed by atoms with Crippen LogP contribution in [-0.4, -0.2) is 11.5 Å². The van der Waals surface area contributed by atoms with Crippen LogP contribution in [0.4, 0.5) is 0 Å². The van der Waals surface area contributed by atoms with Gasteiger partial charge in [0.1, 0.15) is 0 Å². The predicted molar refractivity (Wildman–Crippen MR) is 30.6 cm³/mol. The van der Waals surface area contributed by atoms with Crippen LogP contribution in [0.1, 0.15) is 0 Å². The van der Waals surface area contributed by atoms with Gasteiger partial charge in [0, 0.05) is 7.05 Å². The molecule has 0 radical (unpaired) electrons. The summed E-state index contributed by atoms with van der Waals surface area (Å²) in [5, 5.41) is 0. The van der Waals surface area contributed by atoms with Crippen molar-refractivity contribution in [1.29, 1.82) is 0 Å². The van der Waals surface area contributed by atoms with Crippen molar-refractivity contribution in [2.75, 3.05) is 7.05 Å². The summed E-state index contributed by atoms with van der Waals surface area (Å²) < 4.78 is 0.234. The minimum atomic E-state index is 0.234. The van der Waals surface area contributed by atoms with Gasteiger partial charge in [-0.25, -0.2) is 5.43 Å². The molecule has 0 aromatic rings. The Hall–Kier alpha value is 0.140. The zero-order valence-corrected chi connectivity index (χ0v) is 4.86. The summed E-state index contributed by atoms with van der Waals surface area (Å²) in [6, 6.07) is 0. The van der Waals surface area contributed by atoms with Crippen molar-refractivity contribution < 1.29 is 0 Å². The van der Waals surface area contributed by atoms with Crippen LogP contribution < -0.4 is 10.9 Å². The van der Waals surface area contributed by atoms with Gasteiger partial charge >= 0.3 is 0 Å². The number of hydrogen-bond acceptors (Lipinski definition) is 2. The Morgan fingerprint density at radius 1 is 1.83 bits per heavy atom. The Kier molecular flexibility index (Phi) is 3.41. The third kappa shape index (κ3) is 4.14. The average Bonchev–Trinajstić information content (AvgIpc) is 1.35. The molecule has 0 saturated heterocycles. The van der Waals surface area contributed by atoms with E-state index in [0.717, 1.165) is 0 Å². The fraction of sp³-hybridized carbons (Fsp3) is 0.500. The van der Waals surface area contributed by atoms with Gasteiger partial charge in [0.05, 0.1) is 0 Å². The van der Waals surface area contributed by atoms with Gasteiger partial charge in [-0.3, -0.25) is 0 Å². The molecule has 0 fully saturated rings. The summed E-state index contributed by atoms with van der Waals surface area (Å²) in [7, 11) is 1.69. The molecule has 0 atom stereocenters. The van der Waals surface area contributed by atoms with Crippen molar-refractivity contribution in [3.05, 3.63) is 0 Å². The first-order valence-corrected chi connectivity index (χ1v) is 2.18. The van der Waals surface area contributed by atoms with Crippen molar-refractivity contribution in [2.45, 2.75) is 0 Å². The number of thiocarbonyl (C=S) groups is 1. The van der Waals surface area contributed by atoms with Crippen LogP contribution in [-0.2, 0) is 0 Å². The number of rotatable bonds is 1. The second-order valence-electron chi connectivity index (χ2n) is 0.649. The van der Waals surface area contributed by atoms with Crippen LogP contribution in [0, 0.1) is 0 Å². The molecule has 0 spiro atoms. The standard InChI is InChI=1S/C2H5ClN2S/c1-4-5-2(3)6/h4H,1H3,(H,5,6). The van der Waals surface area contributed by atoms with E-state index >= 15 is 0 Å². The molecule has 0 rings (SSSR count). The van der Waals surface area contributed by atoms with Gasteiger partial charge in [-0.2, -0.15) is 0 Å². The first kappa shape index (κ1) is 6.14. The Labute approximate surface area is 46.8 Å². The normalized spacial score (nSPS) is 7.67. The molecule has 0 amide bonds. The van der Waals surface area contributed by atoms with Crippen molar-refractivity contribution in [3.63, 3.8) is 0 Å². The molecule has 2 N–H and O–H groups in total. The first-order chi connectivity index (χ1) is 2.77. The molecule has 0 aromatic carbocycles. The van der Waals surface area contributed by atoms with Crippen LogP contribution >= 0.6 is 23.8 Å². The molecule has 0 aromatic heterocycles. The number of hydrazine groups is 1. The van der Waals surface area contributed by atoms with E-state index in [1.54, 1.807) is 7.05 Å². The van der Waals surface area contributed by atoms with Gasteiger partial charge in [-0.15, -0.1) is 0 Å². The quantitative estimate of drug-likeness (QED) is 0.227. The summed E-state index contributed by atoms with van der Waals surface area (Å²) in [6.45, 7) is 0. The molecule has 6 heavy (non-hydrogen) atoms. The monoisotopic (exact) mass is 124 g/mol. The molecule has 0 aliphatic carbocycles. The van der Waals surface area contributed by atoms with Gasteiger partial charge in [0.2, 0.25) is 0 Å². The molecular formula is C2H5ClN2S. The fourth-order valence-electron chi connectivity index (χ4n) is 0.0983. The highest BCUT2D eigenvalue weighted by Crippen LogP contribution is 1.71. The van der Waals surface area contributed by atoms with Gasteiger partial charge in [0.25, 0.3) is 0 Å².